The van der Waals surface area contributed by atoms with Gasteiger partial charge in [0.05, 0.1) is 6.61 Å². The van der Waals surface area contributed by atoms with E-state index in [4.69, 9.17) is 4.74 Å². The number of phenolic OH excluding ortho intramolecular Hbond substituents is 1. The van der Waals surface area contributed by atoms with Gasteiger partial charge in [-0.3, -0.25) is 0 Å². The van der Waals surface area contributed by atoms with Gasteiger partial charge in [0, 0.05) is 12.2 Å². The van der Waals surface area contributed by atoms with Crippen molar-refractivity contribution in [1.29, 1.82) is 0 Å². The Morgan fingerprint density at radius 2 is 2.00 bits per heavy atom. The van der Waals surface area contributed by atoms with Crippen LogP contribution in [0.1, 0.15) is 18.1 Å². The highest BCUT2D eigenvalue weighted by Gasteiger charge is 2.04. The second kappa shape index (κ2) is 6.28. The van der Waals surface area contributed by atoms with Gasteiger partial charge < -0.3 is 15.2 Å². The minimum atomic E-state index is -0.240. The van der Waals surface area contributed by atoms with E-state index in [1.54, 1.807) is 18.2 Å². The lowest BCUT2D eigenvalue weighted by Crippen LogP contribution is -2.02. The summed E-state index contributed by atoms with van der Waals surface area (Å²) in [7, 11) is 0. The molecular formula is C16H18FNO2. The highest BCUT2D eigenvalue weighted by atomic mass is 19.1. The van der Waals surface area contributed by atoms with Crippen LogP contribution in [-0.4, -0.2) is 11.7 Å². The first-order valence-corrected chi connectivity index (χ1v) is 6.55. The number of aryl methyl sites for hydroxylation is 1. The van der Waals surface area contributed by atoms with E-state index < -0.39 is 0 Å². The van der Waals surface area contributed by atoms with Crippen LogP contribution >= 0.6 is 0 Å². The summed E-state index contributed by atoms with van der Waals surface area (Å²) in [6, 6.07) is 9.87. The molecule has 0 aliphatic rings. The molecule has 4 heteroatoms. The Bertz CT molecular complexity index is 599. The van der Waals surface area contributed by atoms with Crippen molar-refractivity contribution >= 4 is 5.69 Å². The first kappa shape index (κ1) is 14.2. The van der Waals surface area contributed by atoms with Crippen LogP contribution in [0.15, 0.2) is 36.4 Å². The summed E-state index contributed by atoms with van der Waals surface area (Å²) in [6.07, 6.45) is 0. The van der Waals surface area contributed by atoms with Crippen LogP contribution in [0, 0.1) is 12.7 Å². The minimum Gasteiger partial charge on any atom is -0.504 e. The number of benzene rings is 2. The highest BCUT2D eigenvalue weighted by Crippen LogP contribution is 2.27. The van der Waals surface area contributed by atoms with Crippen molar-refractivity contribution < 1.29 is 14.2 Å². The predicted molar refractivity (Wildman–Crippen MR) is 77.7 cm³/mol. The fourth-order valence-corrected chi connectivity index (χ4v) is 1.96. The molecule has 0 bridgehead atoms. The molecule has 0 saturated heterocycles. The molecule has 0 heterocycles. The van der Waals surface area contributed by atoms with Crippen molar-refractivity contribution in [2.75, 3.05) is 11.9 Å². The molecular weight excluding hydrogens is 257 g/mol. The van der Waals surface area contributed by atoms with Crippen LogP contribution < -0.4 is 10.1 Å². The third-order valence-electron chi connectivity index (χ3n) is 3.00. The molecule has 0 aromatic heterocycles. The van der Waals surface area contributed by atoms with Crippen molar-refractivity contribution in [3.63, 3.8) is 0 Å². The second-order valence-corrected chi connectivity index (χ2v) is 4.55. The van der Waals surface area contributed by atoms with E-state index in [0.717, 1.165) is 16.8 Å². The largest absolute Gasteiger partial charge is 0.504 e. The number of hydrogen-bond acceptors (Lipinski definition) is 3. The molecule has 0 radical (unpaired) electrons. The second-order valence-electron chi connectivity index (χ2n) is 4.55. The quantitative estimate of drug-likeness (QED) is 0.871. The molecule has 0 fully saturated rings. The maximum Gasteiger partial charge on any atom is 0.161 e. The molecule has 2 rings (SSSR count). The molecule has 106 valence electrons. The normalized spacial score (nSPS) is 10.3. The average Bonchev–Trinajstić information content (AvgIpc) is 2.41. The molecule has 0 atom stereocenters. The zero-order valence-corrected chi connectivity index (χ0v) is 11.6. The fourth-order valence-electron chi connectivity index (χ4n) is 1.96. The molecule has 2 aromatic carbocycles. The number of hydrogen-bond donors (Lipinski definition) is 2. The van der Waals surface area contributed by atoms with Gasteiger partial charge in [0.25, 0.3) is 0 Å². The summed E-state index contributed by atoms with van der Waals surface area (Å²) in [6.45, 7) is 4.80. The van der Waals surface area contributed by atoms with Gasteiger partial charge in [-0.1, -0.05) is 6.07 Å². The van der Waals surface area contributed by atoms with Gasteiger partial charge >= 0.3 is 0 Å². The molecule has 0 amide bonds. The smallest absolute Gasteiger partial charge is 0.161 e. The first-order valence-electron chi connectivity index (χ1n) is 6.55. The van der Waals surface area contributed by atoms with E-state index in [9.17, 15) is 9.50 Å². The molecule has 0 aliphatic heterocycles. The van der Waals surface area contributed by atoms with E-state index in [2.05, 4.69) is 5.32 Å². The standard InChI is InChI=1S/C16H18FNO2/c1-3-20-16-9-12(4-7-15(16)19)10-18-14-6-5-13(17)8-11(14)2/h4-9,18-19H,3,10H2,1-2H3. The summed E-state index contributed by atoms with van der Waals surface area (Å²) in [5, 5.41) is 12.9. The first-order chi connectivity index (χ1) is 9.60. The maximum atomic E-state index is 13.0. The Labute approximate surface area is 118 Å². The molecule has 2 N–H and O–H groups in total. The van der Waals surface area contributed by atoms with Crippen LogP contribution in [-0.2, 0) is 6.54 Å². The summed E-state index contributed by atoms with van der Waals surface area (Å²) >= 11 is 0. The highest BCUT2D eigenvalue weighted by molar-refractivity contribution is 5.51. The molecule has 3 nitrogen and oxygen atoms in total. The molecule has 2 aromatic rings. The van der Waals surface area contributed by atoms with Gasteiger partial charge in [-0.25, -0.2) is 4.39 Å². The number of rotatable bonds is 5. The summed E-state index contributed by atoms with van der Waals surface area (Å²) in [5.74, 6) is 0.368. The molecule has 0 saturated carbocycles. The van der Waals surface area contributed by atoms with Crippen molar-refractivity contribution in [3.05, 3.63) is 53.3 Å². The summed E-state index contributed by atoms with van der Waals surface area (Å²) < 4.78 is 18.4. The lowest BCUT2D eigenvalue weighted by atomic mass is 10.1. The van der Waals surface area contributed by atoms with Crippen LogP contribution in [0.5, 0.6) is 11.5 Å². The Morgan fingerprint density at radius 3 is 2.70 bits per heavy atom. The molecule has 0 spiro atoms. The van der Waals surface area contributed by atoms with Gasteiger partial charge in [0.15, 0.2) is 11.5 Å². The average molecular weight is 275 g/mol. The van der Waals surface area contributed by atoms with Crippen LogP contribution in [0.2, 0.25) is 0 Å². The topological polar surface area (TPSA) is 41.5 Å². The molecule has 0 aliphatic carbocycles. The number of anilines is 1. The minimum absolute atomic E-state index is 0.133. The zero-order valence-electron chi connectivity index (χ0n) is 11.6. The Morgan fingerprint density at radius 1 is 1.20 bits per heavy atom. The summed E-state index contributed by atoms with van der Waals surface area (Å²) in [4.78, 5) is 0. The Kier molecular flexibility index (Phi) is 4.45. The fraction of sp³-hybridized carbons (Fsp3) is 0.250. The van der Waals surface area contributed by atoms with E-state index >= 15 is 0 Å². The zero-order chi connectivity index (χ0) is 14.5. The van der Waals surface area contributed by atoms with Gasteiger partial charge in [0.1, 0.15) is 5.82 Å². The number of nitrogens with one attached hydrogen (secondary N) is 1. The van der Waals surface area contributed by atoms with Crippen molar-refractivity contribution in [2.45, 2.75) is 20.4 Å². The van der Waals surface area contributed by atoms with Gasteiger partial charge in [-0.05, 0) is 55.3 Å². The van der Waals surface area contributed by atoms with Crippen molar-refractivity contribution in [2.24, 2.45) is 0 Å². The van der Waals surface area contributed by atoms with Crippen LogP contribution in [0.3, 0.4) is 0 Å². The van der Waals surface area contributed by atoms with Crippen LogP contribution in [0.4, 0.5) is 10.1 Å². The van der Waals surface area contributed by atoms with Crippen molar-refractivity contribution in [3.8, 4) is 11.5 Å². The number of aromatic hydroxyl groups is 1. The molecule has 0 unspecified atom stereocenters. The van der Waals surface area contributed by atoms with Crippen LogP contribution in [0.25, 0.3) is 0 Å². The lowest BCUT2D eigenvalue weighted by molar-refractivity contribution is 0.318. The third kappa shape index (κ3) is 3.41. The van der Waals surface area contributed by atoms with Gasteiger partial charge in [0.2, 0.25) is 0 Å². The number of halogens is 1. The number of ether oxygens (including phenoxy) is 1. The monoisotopic (exact) mass is 275 g/mol. The third-order valence-corrected chi connectivity index (χ3v) is 3.00. The van der Waals surface area contributed by atoms with E-state index in [0.29, 0.717) is 18.9 Å². The van der Waals surface area contributed by atoms with E-state index in [-0.39, 0.29) is 11.6 Å². The number of phenols is 1. The van der Waals surface area contributed by atoms with Gasteiger partial charge in [-0.15, -0.1) is 0 Å². The van der Waals surface area contributed by atoms with E-state index in [1.165, 1.54) is 12.1 Å². The Hall–Kier alpha value is -2.23. The van der Waals surface area contributed by atoms with Gasteiger partial charge in [-0.2, -0.15) is 0 Å². The molecule has 20 heavy (non-hydrogen) atoms. The SMILES string of the molecule is CCOc1cc(CNc2ccc(F)cc2C)ccc1O. The maximum absolute atomic E-state index is 13.0. The predicted octanol–water partition coefficient (Wildman–Crippen LogP) is 3.85. The Balaban J connectivity index is 2.08. The summed E-state index contributed by atoms with van der Waals surface area (Å²) in [5.41, 5.74) is 2.72. The lowest BCUT2D eigenvalue weighted by Gasteiger charge is -2.11. The van der Waals surface area contributed by atoms with E-state index in [1.807, 2.05) is 19.9 Å². The van der Waals surface area contributed by atoms with Crippen molar-refractivity contribution in [1.82, 2.24) is 0 Å².